The first kappa shape index (κ1) is 12.0. The van der Waals surface area contributed by atoms with Crippen LogP contribution in [0.4, 0.5) is 0 Å². The van der Waals surface area contributed by atoms with Crippen LogP contribution in [0.3, 0.4) is 0 Å². The molecule has 0 aliphatic carbocycles. The van der Waals surface area contributed by atoms with Crippen LogP contribution in [0.2, 0.25) is 0 Å². The van der Waals surface area contributed by atoms with Gasteiger partial charge in [0.05, 0.1) is 12.1 Å². The predicted octanol–water partition coefficient (Wildman–Crippen LogP) is 2.64. The van der Waals surface area contributed by atoms with E-state index in [1.54, 1.807) is 12.1 Å². The van der Waals surface area contributed by atoms with Crippen LogP contribution in [0, 0.1) is 0 Å². The van der Waals surface area contributed by atoms with Crippen LogP contribution in [0.25, 0.3) is 0 Å². The molecule has 4 nitrogen and oxygen atoms in total. The number of benzene rings is 1. The molecule has 0 atom stereocenters. The minimum atomic E-state index is -0.333. The van der Waals surface area contributed by atoms with E-state index in [9.17, 15) is 9.59 Å². The molecule has 3 rings (SSSR count). The smallest absolute Gasteiger partial charge is 0.268 e. The Labute approximate surface area is 118 Å². The van der Waals surface area contributed by atoms with Crippen LogP contribution in [-0.4, -0.2) is 21.7 Å². The van der Waals surface area contributed by atoms with Gasteiger partial charge in [-0.3, -0.25) is 19.5 Å². The minimum absolute atomic E-state index is 0.238. The second-order valence-electron chi connectivity index (χ2n) is 4.23. The van der Waals surface area contributed by atoms with Crippen molar-refractivity contribution >= 4 is 27.7 Å². The molecule has 0 bridgehead atoms. The molecule has 19 heavy (non-hydrogen) atoms. The summed E-state index contributed by atoms with van der Waals surface area (Å²) >= 11 is 3.37. The van der Waals surface area contributed by atoms with Crippen molar-refractivity contribution in [2.45, 2.75) is 6.54 Å². The van der Waals surface area contributed by atoms with E-state index in [1.165, 1.54) is 11.1 Å². The number of aromatic nitrogens is 1. The molecular weight excluding hydrogens is 308 g/mol. The molecule has 0 unspecified atom stereocenters. The zero-order valence-corrected chi connectivity index (χ0v) is 11.4. The normalized spacial score (nSPS) is 13.8. The molecule has 2 aromatic rings. The number of nitrogens with zero attached hydrogens (tertiary/aromatic N) is 2. The van der Waals surface area contributed by atoms with Crippen LogP contribution in [-0.2, 0) is 6.54 Å². The van der Waals surface area contributed by atoms with Gasteiger partial charge in [-0.2, -0.15) is 0 Å². The largest absolute Gasteiger partial charge is 0.280 e. The van der Waals surface area contributed by atoms with Gasteiger partial charge in [-0.05, 0) is 29.8 Å². The summed E-state index contributed by atoms with van der Waals surface area (Å²) in [5.74, 6) is -0.617. The van der Waals surface area contributed by atoms with Gasteiger partial charge in [0.25, 0.3) is 11.8 Å². The van der Waals surface area contributed by atoms with Crippen molar-refractivity contribution in [1.29, 1.82) is 0 Å². The molecule has 2 amide bonds. The van der Waals surface area contributed by atoms with Gasteiger partial charge >= 0.3 is 0 Å². The average molecular weight is 317 g/mol. The molecule has 94 valence electrons. The van der Waals surface area contributed by atoms with Gasteiger partial charge in [0.1, 0.15) is 5.69 Å². The van der Waals surface area contributed by atoms with E-state index in [0.717, 1.165) is 10.0 Å². The molecule has 1 aromatic heterocycles. The molecule has 1 aromatic carbocycles. The Morgan fingerprint density at radius 3 is 2.68 bits per heavy atom. The first-order chi connectivity index (χ1) is 9.16. The van der Waals surface area contributed by atoms with Crippen molar-refractivity contribution in [1.82, 2.24) is 9.88 Å². The molecule has 0 N–H and O–H groups in total. The van der Waals surface area contributed by atoms with E-state index in [0.29, 0.717) is 5.56 Å². The summed E-state index contributed by atoms with van der Waals surface area (Å²) in [7, 11) is 0. The minimum Gasteiger partial charge on any atom is -0.268 e. The Kier molecular flexibility index (Phi) is 2.91. The third-order valence-electron chi connectivity index (χ3n) is 2.96. The third kappa shape index (κ3) is 2.06. The number of halogens is 1. The molecule has 0 fully saturated rings. The summed E-state index contributed by atoms with van der Waals surface area (Å²) in [5, 5.41) is 0. The zero-order chi connectivity index (χ0) is 13.4. The van der Waals surface area contributed by atoms with Gasteiger partial charge in [-0.15, -0.1) is 0 Å². The lowest BCUT2D eigenvalue weighted by atomic mass is 10.2. The van der Waals surface area contributed by atoms with E-state index >= 15 is 0 Å². The average Bonchev–Trinajstić information content (AvgIpc) is 2.65. The maximum Gasteiger partial charge on any atom is 0.280 e. The number of carbonyl (C=O) groups excluding carboxylic acids is 2. The second-order valence-corrected chi connectivity index (χ2v) is 5.14. The van der Waals surface area contributed by atoms with E-state index < -0.39 is 0 Å². The van der Waals surface area contributed by atoms with E-state index in [4.69, 9.17) is 0 Å². The highest BCUT2D eigenvalue weighted by Gasteiger charge is 2.36. The standard InChI is InChI=1S/C14H9BrN2O2/c15-10-4-1-3-9(7-10)8-17-13(18)11-5-2-6-16-12(11)14(17)19/h1-7H,8H2. The molecular formula is C14H9BrN2O2. The lowest BCUT2D eigenvalue weighted by molar-refractivity contribution is 0.0640. The summed E-state index contributed by atoms with van der Waals surface area (Å²) in [6, 6.07) is 10.8. The Bertz CT molecular complexity index is 650. The Morgan fingerprint density at radius 2 is 1.95 bits per heavy atom. The Hall–Kier alpha value is -2.01. The third-order valence-corrected chi connectivity index (χ3v) is 3.45. The maximum atomic E-state index is 12.1. The van der Waals surface area contributed by atoms with Crippen molar-refractivity contribution in [3.8, 4) is 0 Å². The monoisotopic (exact) mass is 316 g/mol. The molecule has 5 heteroatoms. The number of rotatable bonds is 2. The fourth-order valence-corrected chi connectivity index (χ4v) is 2.52. The summed E-state index contributed by atoms with van der Waals surface area (Å²) < 4.78 is 0.916. The van der Waals surface area contributed by atoms with Crippen molar-refractivity contribution in [3.63, 3.8) is 0 Å². The first-order valence-corrected chi connectivity index (χ1v) is 6.52. The van der Waals surface area contributed by atoms with Crippen LogP contribution in [0.15, 0.2) is 47.1 Å². The molecule has 1 aliphatic heterocycles. The topological polar surface area (TPSA) is 50.3 Å². The van der Waals surface area contributed by atoms with Gasteiger partial charge in [0.2, 0.25) is 0 Å². The molecule has 1 aliphatic rings. The summed E-state index contributed by atoms with van der Waals surface area (Å²) in [6.45, 7) is 0.257. The van der Waals surface area contributed by atoms with E-state index in [2.05, 4.69) is 20.9 Å². The molecule has 0 saturated carbocycles. The van der Waals surface area contributed by atoms with Gasteiger partial charge in [0.15, 0.2) is 0 Å². The quantitative estimate of drug-likeness (QED) is 0.800. The lowest BCUT2D eigenvalue weighted by Gasteiger charge is -2.13. The van der Waals surface area contributed by atoms with Crippen LogP contribution >= 0.6 is 15.9 Å². The second kappa shape index (κ2) is 4.59. The summed E-state index contributed by atoms with van der Waals surface area (Å²) in [5.41, 5.74) is 1.51. The van der Waals surface area contributed by atoms with E-state index in [-0.39, 0.29) is 24.1 Å². The number of pyridine rings is 1. The molecule has 0 saturated heterocycles. The number of imide groups is 1. The zero-order valence-electron chi connectivity index (χ0n) is 9.84. The highest BCUT2D eigenvalue weighted by Crippen LogP contribution is 2.23. The van der Waals surface area contributed by atoms with Crippen molar-refractivity contribution in [2.24, 2.45) is 0 Å². The SMILES string of the molecule is O=C1c2cccnc2C(=O)N1Cc1cccc(Br)c1. The van der Waals surface area contributed by atoms with Crippen LogP contribution in [0.1, 0.15) is 26.4 Å². The fourth-order valence-electron chi connectivity index (χ4n) is 2.08. The van der Waals surface area contributed by atoms with Crippen molar-refractivity contribution in [3.05, 3.63) is 63.9 Å². The molecule has 0 spiro atoms. The fraction of sp³-hybridized carbons (Fsp3) is 0.0714. The van der Waals surface area contributed by atoms with E-state index in [1.807, 2.05) is 24.3 Å². The highest BCUT2D eigenvalue weighted by molar-refractivity contribution is 9.10. The van der Waals surface area contributed by atoms with Crippen LogP contribution < -0.4 is 0 Å². The Morgan fingerprint density at radius 1 is 1.11 bits per heavy atom. The van der Waals surface area contributed by atoms with Crippen molar-refractivity contribution in [2.75, 3.05) is 0 Å². The number of carbonyl (C=O) groups is 2. The van der Waals surface area contributed by atoms with Gasteiger partial charge < -0.3 is 0 Å². The number of hydrogen-bond acceptors (Lipinski definition) is 3. The lowest BCUT2D eigenvalue weighted by Crippen LogP contribution is -2.29. The number of amides is 2. The summed E-state index contributed by atoms with van der Waals surface area (Å²) in [4.78, 5) is 29.5. The number of fused-ring (bicyclic) bond motifs is 1. The highest BCUT2D eigenvalue weighted by atomic mass is 79.9. The van der Waals surface area contributed by atoms with Gasteiger partial charge in [-0.1, -0.05) is 28.1 Å². The van der Waals surface area contributed by atoms with Crippen molar-refractivity contribution < 1.29 is 9.59 Å². The van der Waals surface area contributed by atoms with Crippen LogP contribution in [0.5, 0.6) is 0 Å². The Balaban J connectivity index is 1.92. The first-order valence-electron chi connectivity index (χ1n) is 5.72. The molecule has 0 radical (unpaired) electrons. The van der Waals surface area contributed by atoms with Gasteiger partial charge in [0, 0.05) is 10.7 Å². The maximum absolute atomic E-state index is 12.1. The number of hydrogen-bond donors (Lipinski definition) is 0. The molecule has 2 heterocycles. The van der Waals surface area contributed by atoms with Gasteiger partial charge in [-0.25, -0.2) is 0 Å². The summed E-state index contributed by atoms with van der Waals surface area (Å²) in [6.07, 6.45) is 1.52. The predicted molar refractivity (Wildman–Crippen MR) is 72.6 cm³/mol.